The smallest absolute Gasteiger partial charge is 0.312 e. The van der Waals surface area contributed by atoms with E-state index in [0.717, 1.165) is 33.2 Å². The number of hydrogen-bond acceptors (Lipinski definition) is 5. The molecule has 0 bridgehead atoms. The first kappa shape index (κ1) is 37.4. The van der Waals surface area contributed by atoms with Gasteiger partial charge in [-0.3, -0.25) is 19.2 Å². The van der Waals surface area contributed by atoms with E-state index in [2.05, 4.69) is 26.3 Å². The Morgan fingerprint density at radius 1 is 0.720 bits per heavy atom. The lowest BCUT2D eigenvalue weighted by atomic mass is 9.96. The standard InChI is InChI=1S/C39H48N6O5/c1-24(2)35(45-36(47)25(3)21-30-23-42-33-14-9-8-13-31(30)33)38(49)44-34(37(48)43-32(26(4)46)15-10-20-41-39(40)50)22-27-16-18-29(19-17-27)28-11-6-5-7-12-28/h5-9,11-14,16-19,23-25,32,34-35,42H,10,15,20-22H2,1-4H3,(H,43,48)(H,44,49)(H,45,47)(H3,40,41,50)/t25-,32-,34-,35-/m0/s1. The molecule has 0 saturated heterocycles. The van der Waals surface area contributed by atoms with Crippen LogP contribution in [-0.2, 0) is 32.0 Å². The number of aromatic amines is 1. The number of primary amides is 1. The highest BCUT2D eigenvalue weighted by Crippen LogP contribution is 2.22. The van der Waals surface area contributed by atoms with Gasteiger partial charge in [-0.2, -0.15) is 0 Å². The normalized spacial score (nSPS) is 13.5. The van der Waals surface area contributed by atoms with Crippen molar-refractivity contribution < 1.29 is 24.0 Å². The molecule has 4 atom stereocenters. The number of fused-ring (bicyclic) bond motifs is 1. The van der Waals surface area contributed by atoms with Gasteiger partial charge in [0.05, 0.1) is 6.04 Å². The molecule has 0 unspecified atom stereocenters. The van der Waals surface area contributed by atoms with Gasteiger partial charge < -0.3 is 32.0 Å². The predicted octanol–water partition coefficient (Wildman–Crippen LogP) is 4.40. The van der Waals surface area contributed by atoms with E-state index in [0.29, 0.717) is 12.8 Å². The van der Waals surface area contributed by atoms with Gasteiger partial charge in [-0.25, -0.2) is 4.79 Å². The molecule has 4 rings (SSSR count). The number of H-pyrrole nitrogens is 1. The van der Waals surface area contributed by atoms with Gasteiger partial charge >= 0.3 is 6.03 Å². The molecule has 264 valence electrons. The molecule has 0 aliphatic carbocycles. The van der Waals surface area contributed by atoms with Gasteiger partial charge in [-0.1, -0.05) is 93.6 Å². The number of nitrogens with one attached hydrogen (secondary N) is 5. The van der Waals surface area contributed by atoms with E-state index in [1.165, 1.54) is 6.92 Å². The monoisotopic (exact) mass is 680 g/mol. The van der Waals surface area contributed by atoms with Crippen LogP contribution in [0.25, 0.3) is 22.0 Å². The maximum Gasteiger partial charge on any atom is 0.312 e. The number of rotatable bonds is 17. The van der Waals surface area contributed by atoms with Crippen LogP contribution in [0, 0.1) is 11.8 Å². The van der Waals surface area contributed by atoms with Crippen molar-refractivity contribution in [3.05, 3.63) is 96.2 Å². The van der Waals surface area contributed by atoms with Crippen LogP contribution in [0.3, 0.4) is 0 Å². The zero-order valence-electron chi connectivity index (χ0n) is 29.1. The zero-order chi connectivity index (χ0) is 36.2. The van der Waals surface area contributed by atoms with E-state index >= 15 is 0 Å². The van der Waals surface area contributed by atoms with E-state index < -0.39 is 41.9 Å². The third kappa shape index (κ3) is 10.5. The van der Waals surface area contributed by atoms with Gasteiger partial charge in [-0.05, 0) is 60.4 Å². The number of benzene rings is 3. The van der Waals surface area contributed by atoms with E-state index in [9.17, 15) is 24.0 Å². The molecule has 1 aromatic heterocycles. The largest absolute Gasteiger partial charge is 0.361 e. The SMILES string of the molecule is CC(=O)[C@H](CCCNC(N)=O)NC(=O)[C@H](Cc1ccc(-c2ccccc2)cc1)NC(=O)[C@@H](NC(=O)[C@@H](C)Cc1c[nH]c2ccccc12)C(C)C. The molecule has 3 aromatic carbocycles. The number of para-hydroxylation sites is 1. The van der Waals surface area contributed by atoms with E-state index in [4.69, 9.17) is 5.73 Å². The number of amides is 5. The van der Waals surface area contributed by atoms with Crippen LogP contribution in [0.2, 0.25) is 0 Å². The topological polar surface area (TPSA) is 175 Å². The van der Waals surface area contributed by atoms with Gasteiger partial charge in [0.25, 0.3) is 0 Å². The maximum absolute atomic E-state index is 13.8. The predicted molar refractivity (Wildman–Crippen MR) is 195 cm³/mol. The minimum Gasteiger partial charge on any atom is -0.361 e. The lowest BCUT2D eigenvalue weighted by molar-refractivity contribution is -0.134. The summed E-state index contributed by atoms with van der Waals surface area (Å²) in [6.07, 6.45) is 3.21. The van der Waals surface area contributed by atoms with Gasteiger partial charge in [0.2, 0.25) is 17.7 Å². The summed E-state index contributed by atoms with van der Waals surface area (Å²) in [5, 5.41) is 12.1. The molecule has 5 amide bonds. The number of aromatic nitrogens is 1. The van der Waals surface area contributed by atoms with Gasteiger partial charge in [0.1, 0.15) is 12.1 Å². The van der Waals surface area contributed by atoms with Crippen molar-refractivity contribution in [3.8, 4) is 11.1 Å². The van der Waals surface area contributed by atoms with Crippen molar-refractivity contribution in [1.82, 2.24) is 26.3 Å². The molecule has 11 heteroatoms. The van der Waals surface area contributed by atoms with Crippen molar-refractivity contribution in [3.63, 3.8) is 0 Å². The fourth-order valence-corrected chi connectivity index (χ4v) is 5.89. The number of carbonyl (C=O) groups is 5. The van der Waals surface area contributed by atoms with Crippen LogP contribution in [-0.4, -0.2) is 59.2 Å². The molecule has 0 spiro atoms. The van der Waals surface area contributed by atoms with Gasteiger partial charge in [0, 0.05) is 36.0 Å². The first-order chi connectivity index (χ1) is 23.9. The van der Waals surface area contributed by atoms with Crippen LogP contribution in [0.1, 0.15) is 51.7 Å². The molecule has 0 fully saturated rings. The van der Waals surface area contributed by atoms with E-state index in [1.54, 1.807) is 0 Å². The van der Waals surface area contributed by atoms with Gasteiger partial charge in [-0.15, -0.1) is 0 Å². The van der Waals surface area contributed by atoms with Crippen molar-refractivity contribution in [1.29, 1.82) is 0 Å². The van der Waals surface area contributed by atoms with Crippen molar-refractivity contribution >= 4 is 40.4 Å². The maximum atomic E-state index is 13.8. The Hall–Kier alpha value is -5.45. The van der Waals surface area contributed by atoms with E-state index in [1.807, 2.05) is 106 Å². The highest BCUT2D eigenvalue weighted by molar-refractivity contribution is 5.95. The molecule has 11 nitrogen and oxygen atoms in total. The summed E-state index contributed by atoms with van der Waals surface area (Å²) >= 11 is 0. The van der Waals surface area contributed by atoms with Crippen molar-refractivity contribution in [2.75, 3.05) is 6.54 Å². The Kier molecular flexibility index (Phi) is 13.3. The second-order valence-electron chi connectivity index (χ2n) is 13.1. The minimum absolute atomic E-state index is 0.149. The first-order valence-electron chi connectivity index (χ1n) is 17.1. The number of hydrogen-bond donors (Lipinski definition) is 6. The quantitative estimate of drug-likeness (QED) is 0.0905. The molecule has 1 heterocycles. The third-order valence-electron chi connectivity index (χ3n) is 8.81. The summed E-state index contributed by atoms with van der Waals surface area (Å²) < 4.78 is 0. The highest BCUT2D eigenvalue weighted by atomic mass is 16.2. The summed E-state index contributed by atoms with van der Waals surface area (Å²) in [5.74, 6) is -2.27. The van der Waals surface area contributed by atoms with Crippen LogP contribution in [0.5, 0.6) is 0 Å². The highest BCUT2D eigenvalue weighted by Gasteiger charge is 2.31. The summed E-state index contributed by atoms with van der Waals surface area (Å²) in [4.78, 5) is 67.8. The second kappa shape index (κ2) is 17.8. The summed E-state index contributed by atoms with van der Waals surface area (Å²) in [6, 6.07) is 22.0. The molecule has 7 N–H and O–H groups in total. The van der Waals surface area contributed by atoms with Crippen molar-refractivity contribution in [2.24, 2.45) is 17.6 Å². The van der Waals surface area contributed by atoms with Crippen LogP contribution in [0.15, 0.2) is 85.1 Å². The van der Waals surface area contributed by atoms with Crippen LogP contribution < -0.4 is 27.0 Å². The third-order valence-corrected chi connectivity index (χ3v) is 8.81. The number of urea groups is 1. The summed E-state index contributed by atoms with van der Waals surface area (Å²) in [6.45, 7) is 7.11. The van der Waals surface area contributed by atoms with Crippen LogP contribution >= 0.6 is 0 Å². The molecule has 0 radical (unpaired) electrons. The Labute approximate surface area is 293 Å². The number of nitrogens with two attached hydrogens (primary N) is 1. The zero-order valence-corrected chi connectivity index (χ0v) is 29.1. The summed E-state index contributed by atoms with van der Waals surface area (Å²) in [7, 11) is 0. The fourth-order valence-electron chi connectivity index (χ4n) is 5.89. The van der Waals surface area contributed by atoms with Gasteiger partial charge in [0.15, 0.2) is 5.78 Å². The fraction of sp³-hybridized carbons (Fsp3) is 0.359. The molecule has 4 aromatic rings. The molecular formula is C39H48N6O5. The molecule has 0 aliphatic rings. The molecule has 50 heavy (non-hydrogen) atoms. The lowest BCUT2D eigenvalue weighted by Gasteiger charge is -2.27. The average Bonchev–Trinajstić information content (AvgIpc) is 3.50. The average molecular weight is 681 g/mol. The minimum atomic E-state index is -1.04. The Morgan fingerprint density at radius 2 is 1.36 bits per heavy atom. The molecular weight excluding hydrogens is 632 g/mol. The van der Waals surface area contributed by atoms with Crippen LogP contribution in [0.4, 0.5) is 4.79 Å². The van der Waals surface area contributed by atoms with E-state index in [-0.39, 0.29) is 37.0 Å². The lowest BCUT2D eigenvalue weighted by Crippen LogP contribution is -2.57. The Balaban J connectivity index is 1.49. The summed E-state index contributed by atoms with van der Waals surface area (Å²) in [5.41, 5.74) is 9.99. The first-order valence-corrected chi connectivity index (χ1v) is 17.1. The van der Waals surface area contributed by atoms with Crippen molar-refractivity contribution in [2.45, 2.75) is 71.5 Å². The second-order valence-corrected chi connectivity index (χ2v) is 13.1. The number of Topliss-reactive ketones (excluding diaryl/α,β-unsaturated/α-hetero) is 1. The number of ketones is 1. The Bertz CT molecular complexity index is 1770. The molecule has 0 aliphatic heterocycles. The Morgan fingerprint density at radius 3 is 2.02 bits per heavy atom. The molecule has 0 saturated carbocycles. The number of carbonyl (C=O) groups excluding carboxylic acids is 5.